The molecule has 3 aromatic carbocycles. The van der Waals surface area contributed by atoms with Gasteiger partial charge in [0.05, 0.1) is 11.5 Å². The molecule has 3 rings (SSSR count). The normalized spacial score (nSPS) is 10.7. The summed E-state index contributed by atoms with van der Waals surface area (Å²) in [6.07, 6.45) is 5.37. The van der Waals surface area contributed by atoms with Gasteiger partial charge in [-0.05, 0) is 73.7 Å². The molecule has 0 aliphatic carbocycles. The lowest BCUT2D eigenvalue weighted by molar-refractivity contribution is 0.102. The van der Waals surface area contributed by atoms with E-state index in [1.165, 1.54) is 36.4 Å². The molecule has 0 aliphatic heterocycles. The fourth-order valence-electron chi connectivity index (χ4n) is 2.68. The summed E-state index contributed by atoms with van der Waals surface area (Å²) in [4.78, 5) is 12.5. The van der Waals surface area contributed by atoms with Gasteiger partial charge in [0.15, 0.2) is 0 Å². The maximum Gasteiger partial charge on any atom is 0.261 e. The maximum atomic E-state index is 12.5. The van der Waals surface area contributed by atoms with E-state index in [1.54, 1.807) is 36.4 Å². The second-order valence-corrected chi connectivity index (χ2v) is 7.95. The number of hydrogen-bond acceptors (Lipinski definition) is 4. The number of terminal acetylenes is 1. The first-order chi connectivity index (χ1) is 14.4. The van der Waals surface area contributed by atoms with E-state index in [-0.39, 0.29) is 10.8 Å². The molecule has 2 N–H and O–H groups in total. The van der Waals surface area contributed by atoms with Crippen molar-refractivity contribution >= 4 is 27.3 Å². The molecule has 0 bridgehead atoms. The van der Waals surface area contributed by atoms with Crippen LogP contribution in [0.1, 0.15) is 22.8 Å². The molecular weight excluding hydrogens is 400 g/mol. The number of sulfonamides is 1. The van der Waals surface area contributed by atoms with Gasteiger partial charge >= 0.3 is 0 Å². The Morgan fingerprint density at radius 2 is 1.70 bits per heavy atom. The van der Waals surface area contributed by atoms with Crippen LogP contribution in [0.5, 0.6) is 5.75 Å². The first-order valence-electron chi connectivity index (χ1n) is 9.15. The van der Waals surface area contributed by atoms with Gasteiger partial charge in [0, 0.05) is 22.5 Å². The number of nitrogens with one attached hydrogen (secondary N) is 2. The van der Waals surface area contributed by atoms with Gasteiger partial charge in [-0.1, -0.05) is 12.0 Å². The van der Waals surface area contributed by atoms with E-state index in [4.69, 9.17) is 11.2 Å². The van der Waals surface area contributed by atoms with E-state index < -0.39 is 10.0 Å². The fraction of sp³-hybridized carbons (Fsp3) is 0.0870. The van der Waals surface area contributed by atoms with Crippen LogP contribution in [0.25, 0.3) is 0 Å². The molecule has 0 saturated carbocycles. The Hall–Kier alpha value is -3.76. The van der Waals surface area contributed by atoms with Crippen molar-refractivity contribution in [1.82, 2.24) is 0 Å². The molecule has 6 nitrogen and oxygen atoms in total. The van der Waals surface area contributed by atoms with Crippen molar-refractivity contribution in [3.63, 3.8) is 0 Å². The molecule has 1 amide bonds. The van der Waals surface area contributed by atoms with Crippen LogP contribution in [0.2, 0.25) is 0 Å². The number of hydrogen-bond donors (Lipinski definition) is 2. The molecule has 0 atom stereocenters. The van der Waals surface area contributed by atoms with Crippen molar-refractivity contribution in [2.45, 2.75) is 11.8 Å². The molecule has 0 radical (unpaired) electrons. The summed E-state index contributed by atoms with van der Waals surface area (Å²) in [5.41, 5.74) is 1.96. The first kappa shape index (κ1) is 21.0. The molecule has 0 spiro atoms. The zero-order valence-corrected chi connectivity index (χ0v) is 17.1. The third-order valence-corrected chi connectivity index (χ3v) is 5.53. The zero-order chi connectivity index (χ0) is 21.6. The second-order valence-electron chi connectivity index (χ2n) is 6.27. The maximum absolute atomic E-state index is 12.5. The summed E-state index contributed by atoms with van der Waals surface area (Å²) in [5.74, 6) is 2.78. The van der Waals surface area contributed by atoms with E-state index in [0.717, 1.165) is 0 Å². The number of amides is 1. The standard InChI is InChI=1S/C23H20N2O4S/c1-3-17-6-5-7-20(16-17)24-23(26)18-8-10-19(11-9-18)25-30(27,28)22-14-12-21(13-15-22)29-4-2/h1,5-16,25H,4H2,2H3,(H,24,26). The molecule has 152 valence electrons. The molecule has 0 aliphatic rings. The quantitative estimate of drug-likeness (QED) is 0.563. The predicted molar refractivity (Wildman–Crippen MR) is 117 cm³/mol. The van der Waals surface area contributed by atoms with Gasteiger partial charge in [0.2, 0.25) is 0 Å². The van der Waals surface area contributed by atoms with Gasteiger partial charge in [0.1, 0.15) is 5.75 Å². The summed E-state index contributed by atoms with van der Waals surface area (Å²) in [6, 6.07) is 19.2. The van der Waals surface area contributed by atoms with Crippen LogP contribution >= 0.6 is 0 Å². The summed E-state index contributed by atoms with van der Waals surface area (Å²) in [6.45, 7) is 2.35. The lowest BCUT2D eigenvalue weighted by Crippen LogP contribution is -2.14. The third-order valence-electron chi connectivity index (χ3n) is 4.13. The van der Waals surface area contributed by atoms with E-state index in [2.05, 4.69) is 16.0 Å². The Morgan fingerprint density at radius 3 is 2.33 bits per heavy atom. The largest absolute Gasteiger partial charge is 0.494 e. The molecule has 0 heterocycles. The van der Waals surface area contributed by atoms with Crippen molar-refractivity contribution in [2.75, 3.05) is 16.6 Å². The van der Waals surface area contributed by atoms with Crippen molar-refractivity contribution in [3.8, 4) is 18.1 Å². The summed E-state index contributed by atoms with van der Waals surface area (Å²) in [7, 11) is -3.76. The highest BCUT2D eigenvalue weighted by atomic mass is 32.2. The van der Waals surface area contributed by atoms with Gasteiger partial charge < -0.3 is 10.1 Å². The lowest BCUT2D eigenvalue weighted by Gasteiger charge is -2.10. The summed E-state index contributed by atoms with van der Waals surface area (Å²) in [5, 5.41) is 2.76. The van der Waals surface area contributed by atoms with Gasteiger partial charge in [0.25, 0.3) is 15.9 Å². The van der Waals surface area contributed by atoms with Crippen molar-refractivity contribution in [3.05, 3.63) is 83.9 Å². The van der Waals surface area contributed by atoms with Crippen LogP contribution in [0.4, 0.5) is 11.4 Å². The minimum atomic E-state index is -3.76. The highest BCUT2D eigenvalue weighted by Gasteiger charge is 2.15. The predicted octanol–water partition coefficient (Wildman–Crippen LogP) is 4.12. The van der Waals surface area contributed by atoms with Gasteiger partial charge in [-0.15, -0.1) is 6.42 Å². The number of carbonyl (C=O) groups is 1. The van der Waals surface area contributed by atoms with E-state index >= 15 is 0 Å². The van der Waals surface area contributed by atoms with Crippen LogP contribution in [-0.4, -0.2) is 20.9 Å². The Bertz CT molecular complexity index is 1180. The Labute approximate surface area is 176 Å². The first-order valence-corrected chi connectivity index (χ1v) is 10.6. The monoisotopic (exact) mass is 420 g/mol. The molecule has 30 heavy (non-hydrogen) atoms. The second kappa shape index (κ2) is 9.16. The zero-order valence-electron chi connectivity index (χ0n) is 16.3. The average Bonchev–Trinajstić information content (AvgIpc) is 2.75. The minimum absolute atomic E-state index is 0.112. The topological polar surface area (TPSA) is 84.5 Å². The summed E-state index contributed by atoms with van der Waals surface area (Å²) < 4.78 is 32.9. The summed E-state index contributed by atoms with van der Waals surface area (Å²) >= 11 is 0. The molecule has 0 fully saturated rings. The Morgan fingerprint density at radius 1 is 1.00 bits per heavy atom. The van der Waals surface area contributed by atoms with Crippen molar-refractivity contribution in [2.24, 2.45) is 0 Å². The number of rotatable bonds is 7. The number of anilines is 2. The highest BCUT2D eigenvalue weighted by molar-refractivity contribution is 7.92. The van der Waals surface area contributed by atoms with E-state index in [1.807, 2.05) is 6.92 Å². The third kappa shape index (κ3) is 5.19. The van der Waals surface area contributed by atoms with E-state index in [9.17, 15) is 13.2 Å². The fourth-order valence-corrected chi connectivity index (χ4v) is 3.73. The number of ether oxygens (including phenoxy) is 1. The van der Waals surface area contributed by atoms with Crippen LogP contribution in [-0.2, 0) is 10.0 Å². The highest BCUT2D eigenvalue weighted by Crippen LogP contribution is 2.20. The van der Waals surface area contributed by atoms with E-state index in [0.29, 0.717) is 34.9 Å². The van der Waals surface area contributed by atoms with Crippen LogP contribution in [0.15, 0.2) is 77.7 Å². The lowest BCUT2D eigenvalue weighted by atomic mass is 10.1. The van der Waals surface area contributed by atoms with Crippen LogP contribution in [0, 0.1) is 12.3 Å². The van der Waals surface area contributed by atoms with Crippen molar-refractivity contribution < 1.29 is 17.9 Å². The van der Waals surface area contributed by atoms with Gasteiger partial charge in [-0.3, -0.25) is 9.52 Å². The molecule has 7 heteroatoms. The number of benzene rings is 3. The van der Waals surface area contributed by atoms with Crippen LogP contribution in [0.3, 0.4) is 0 Å². The number of carbonyl (C=O) groups excluding carboxylic acids is 1. The Balaban J connectivity index is 1.68. The molecule has 3 aromatic rings. The van der Waals surface area contributed by atoms with Gasteiger partial charge in [-0.2, -0.15) is 0 Å². The SMILES string of the molecule is C#Cc1cccc(NC(=O)c2ccc(NS(=O)(=O)c3ccc(OCC)cc3)cc2)c1. The molecule has 0 saturated heterocycles. The van der Waals surface area contributed by atoms with Gasteiger partial charge in [-0.25, -0.2) is 8.42 Å². The molecular formula is C23H20N2O4S. The molecule has 0 unspecified atom stereocenters. The van der Waals surface area contributed by atoms with Crippen LogP contribution < -0.4 is 14.8 Å². The smallest absolute Gasteiger partial charge is 0.261 e. The molecule has 0 aromatic heterocycles. The Kier molecular flexibility index (Phi) is 6.40. The van der Waals surface area contributed by atoms with Crippen molar-refractivity contribution in [1.29, 1.82) is 0 Å². The minimum Gasteiger partial charge on any atom is -0.494 e. The average molecular weight is 420 g/mol.